The number of hydrogen-bond donors (Lipinski definition) is 0. The highest BCUT2D eigenvalue weighted by atomic mass is 16.2. The Bertz CT molecular complexity index is 405. The molecule has 104 valence electrons. The van der Waals surface area contributed by atoms with Crippen LogP contribution in [-0.4, -0.2) is 49.8 Å². The van der Waals surface area contributed by atoms with Crippen LogP contribution in [0.2, 0.25) is 0 Å². The quantitative estimate of drug-likeness (QED) is 0.811. The van der Waals surface area contributed by atoms with Crippen molar-refractivity contribution < 1.29 is 9.59 Å². The van der Waals surface area contributed by atoms with Crippen molar-refractivity contribution in [2.75, 3.05) is 28.2 Å². The van der Waals surface area contributed by atoms with E-state index in [1.54, 1.807) is 38.0 Å². The Balaban J connectivity index is 2.85. The zero-order valence-corrected chi connectivity index (χ0v) is 12.1. The van der Waals surface area contributed by atoms with Crippen LogP contribution in [0.15, 0.2) is 30.3 Å². The Hall–Kier alpha value is -1.84. The van der Waals surface area contributed by atoms with Crippen LogP contribution in [0.25, 0.3) is 0 Å². The minimum absolute atomic E-state index is 0.0420. The van der Waals surface area contributed by atoms with E-state index in [4.69, 9.17) is 0 Å². The number of nitrogens with zero attached hydrogens (tertiary/aromatic N) is 2. The second-order valence-corrected chi connectivity index (χ2v) is 5.09. The molecule has 0 aliphatic heterocycles. The molecule has 2 amide bonds. The van der Waals surface area contributed by atoms with Crippen LogP contribution in [0.1, 0.15) is 24.3 Å². The minimum atomic E-state index is -0.0639. The largest absolute Gasteiger partial charge is 0.349 e. The van der Waals surface area contributed by atoms with Crippen LogP contribution < -0.4 is 0 Å². The summed E-state index contributed by atoms with van der Waals surface area (Å²) in [5.74, 6) is 0.0202. The van der Waals surface area contributed by atoms with E-state index in [9.17, 15) is 9.59 Å². The third kappa shape index (κ3) is 4.73. The number of amides is 2. The Morgan fingerprint density at radius 3 is 1.68 bits per heavy atom. The minimum Gasteiger partial charge on any atom is -0.349 e. The monoisotopic (exact) mass is 262 g/mol. The number of benzene rings is 1. The van der Waals surface area contributed by atoms with Gasteiger partial charge in [0.05, 0.1) is 0 Å². The molecule has 0 atom stereocenters. The molecular formula is C15H22N2O2. The fourth-order valence-electron chi connectivity index (χ4n) is 1.82. The zero-order chi connectivity index (χ0) is 14.4. The molecule has 4 nitrogen and oxygen atoms in total. The fourth-order valence-corrected chi connectivity index (χ4v) is 1.82. The summed E-state index contributed by atoms with van der Waals surface area (Å²) in [5, 5.41) is 0. The van der Waals surface area contributed by atoms with Crippen molar-refractivity contribution in [3.63, 3.8) is 0 Å². The van der Waals surface area contributed by atoms with Crippen molar-refractivity contribution in [1.82, 2.24) is 9.80 Å². The molecule has 0 spiro atoms. The molecule has 0 aliphatic carbocycles. The molecule has 0 heterocycles. The maximum atomic E-state index is 11.9. The van der Waals surface area contributed by atoms with Gasteiger partial charge in [-0.25, -0.2) is 0 Å². The molecule has 4 heteroatoms. The van der Waals surface area contributed by atoms with E-state index in [0.717, 1.165) is 5.56 Å². The first-order chi connectivity index (χ1) is 8.91. The van der Waals surface area contributed by atoms with E-state index in [1.165, 1.54) is 0 Å². The highest BCUT2D eigenvalue weighted by Gasteiger charge is 2.21. The summed E-state index contributed by atoms with van der Waals surface area (Å²) in [5.41, 5.74) is 1.04. The molecule has 0 saturated heterocycles. The molecule has 0 fully saturated rings. The van der Waals surface area contributed by atoms with Gasteiger partial charge in [0.2, 0.25) is 11.8 Å². The molecule has 19 heavy (non-hydrogen) atoms. The van der Waals surface area contributed by atoms with Gasteiger partial charge >= 0.3 is 0 Å². The SMILES string of the molecule is CN(C)C(=O)CC(CC(=O)N(C)C)c1ccccc1. The molecule has 0 aromatic heterocycles. The molecule has 1 rings (SSSR count). The van der Waals surface area contributed by atoms with E-state index in [2.05, 4.69) is 0 Å². The Morgan fingerprint density at radius 2 is 1.32 bits per heavy atom. The van der Waals surface area contributed by atoms with Crippen LogP contribution in [0.3, 0.4) is 0 Å². The topological polar surface area (TPSA) is 40.6 Å². The van der Waals surface area contributed by atoms with Gasteiger partial charge < -0.3 is 9.80 Å². The molecule has 0 bridgehead atoms. The van der Waals surface area contributed by atoms with Crippen molar-refractivity contribution in [2.45, 2.75) is 18.8 Å². The van der Waals surface area contributed by atoms with E-state index in [0.29, 0.717) is 12.8 Å². The smallest absolute Gasteiger partial charge is 0.222 e. The lowest BCUT2D eigenvalue weighted by molar-refractivity contribution is -0.130. The lowest BCUT2D eigenvalue weighted by Gasteiger charge is -2.20. The van der Waals surface area contributed by atoms with Gasteiger partial charge in [-0.3, -0.25) is 9.59 Å². The second kappa shape index (κ2) is 6.92. The summed E-state index contributed by atoms with van der Waals surface area (Å²) < 4.78 is 0. The molecule has 0 N–H and O–H groups in total. The van der Waals surface area contributed by atoms with Crippen LogP contribution in [0.4, 0.5) is 0 Å². The average molecular weight is 262 g/mol. The van der Waals surface area contributed by atoms with Crippen LogP contribution >= 0.6 is 0 Å². The van der Waals surface area contributed by atoms with Crippen LogP contribution in [0, 0.1) is 0 Å². The van der Waals surface area contributed by atoms with E-state index >= 15 is 0 Å². The fraction of sp³-hybridized carbons (Fsp3) is 0.467. The van der Waals surface area contributed by atoms with E-state index < -0.39 is 0 Å². The molecule has 0 radical (unpaired) electrons. The second-order valence-electron chi connectivity index (χ2n) is 5.09. The molecular weight excluding hydrogens is 240 g/mol. The average Bonchev–Trinajstić information content (AvgIpc) is 2.38. The number of carbonyl (C=O) groups is 2. The number of carbonyl (C=O) groups excluding carboxylic acids is 2. The normalized spacial score (nSPS) is 10.4. The third-order valence-electron chi connectivity index (χ3n) is 3.11. The molecule has 0 saturated carbocycles. The molecule has 0 aliphatic rings. The summed E-state index contributed by atoms with van der Waals surface area (Å²) in [4.78, 5) is 26.9. The predicted molar refractivity (Wildman–Crippen MR) is 75.8 cm³/mol. The van der Waals surface area contributed by atoms with Crippen molar-refractivity contribution in [1.29, 1.82) is 0 Å². The van der Waals surface area contributed by atoms with E-state index in [-0.39, 0.29) is 17.7 Å². The van der Waals surface area contributed by atoms with Crippen LogP contribution in [-0.2, 0) is 9.59 Å². The van der Waals surface area contributed by atoms with Crippen LogP contribution in [0.5, 0.6) is 0 Å². The first-order valence-electron chi connectivity index (χ1n) is 6.37. The lowest BCUT2D eigenvalue weighted by Crippen LogP contribution is -2.27. The van der Waals surface area contributed by atoms with Gasteiger partial charge in [0.1, 0.15) is 0 Å². The third-order valence-corrected chi connectivity index (χ3v) is 3.11. The van der Waals surface area contributed by atoms with Crippen molar-refractivity contribution in [3.8, 4) is 0 Å². The van der Waals surface area contributed by atoms with Gasteiger partial charge in [-0.2, -0.15) is 0 Å². The molecule has 1 aromatic rings. The van der Waals surface area contributed by atoms with Crippen molar-refractivity contribution in [2.24, 2.45) is 0 Å². The first-order valence-corrected chi connectivity index (χ1v) is 6.37. The van der Waals surface area contributed by atoms with Gasteiger partial charge in [0.25, 0.3) is 0 Å². The highest BCUT2D eigenvalue weighted by molar-refractivity contribution is 5.80. The maximum absolute atomic E-state index is 11.9. The highest BCUT2D eigenvalue weighted by Crippen LogP contribution is 2.24. The first kappa shape index (κ1) is 15.2. The molecule has 1 aromatic carbocycles. The number of rotatable bonds is 5. The van der Waals surface area contributed by atoms with Gasteiger partial charge in [-0.1, -0.05) is 30.3 Å². The standard InChI is InChI=1S/C15H22N2O2/c1-16(2)14(18)10-13(11-15(19)17(3)4)12-8-6-5-7-9-12/h5-9,13H,10-11H2,1-4H3. The Labute approximate surface area is 115 Å². The van der Waals surface area contributed by atoms with Crippen molar-refractivity contribution >= 4 is 11.8 Å². The predicted octanol–water partition coefficient (Wildman–Crippen LogP) is 1.73. The van der Waals surface area contributed by atoms with Gasteiger partial charge in [0.15, 0.2) is 0 Å². The summed E-state index contributed by atoms with van der Waals surface area (Å²) in [6, 6.07) is 9.74. The maximum Gasteiger partial charge on any atom is 0.222 e. The van der Waals surface area contributed by atoms with Crippen molar-refractivity contribution in [3.05, 3.63) is 35.9 Å². The zero-order valence-electron chi connectivity index (χ0n) is 12.1. The summed E-state index contributed by atoms with van der Waals surface area (Å²) in [6.45, 7) is 0. The summed E-state index contributed by atoms with van der Waals surface area (Å²) >= 11 is 0. The Morgan fingerprint density at radius 1 is 0.895 bits per heavy atom. The number of hydrogen-bond acceptors (Lipinski definition) is 2. The lowest BCUT2D eigenvalue weighted by atomic mass is 9.91. The summed E-state index contributed by atoms with van der Waals surface area (Å²) in [6.07, 6.45) is 0.715. The van der Waals surface area contributed by atoms with Gasteiger partial charge in [0, 0.05) is 47.0 Å². The summed E-state index contributed by atoms with van der Waals surface area (Å²) in [7, 11) is 6.94. The molecule has 0 unspecified atom stereocenters. The van der Waals surface area contributed by atoms with E-state index in [1.807, 2.05) is 30.3 Å². The van der Waals surface area contributed by atoms with Gasteiger partial charge in [-0.05, 0) is 5.56 Å². The van der Waals surface area contributed by atoms with Gasteiger partial charge in [-0.15, -0.1) is 0 Å². The Kier molecular flexibility index (Phi) is 5.55.